The molecule has 0 rings (SSSR count). The molecule has 15 heavy (non-hydrogen) atoms. The van der Waals surface area contributed by atoms with Gasteiger partial charge in [0.05, 0.1) is 0 Å². The van der Waals surface area contributed by atoms with Crippen molar-refractivity contribution >= 4 is 0 Å². The minimum Gasteiger partial charge on any atom is -0.389 e. The third-order valence-electron chi connectivity index (χ3n) is 2.66. The fourth-order valence-corrected chi connectivity index (χ4v) is 1.10. The molecule has 1 heteroatoms. The van der Waals surface area contributed by atoms with E-state index in [1.807, 2.05) is 6.08 Å². The van der Waals surface area contributed by atoms with Gasteiger partial charge in [0.2, 0.25) is 0 Å². The van der Waals surface area contributed by atoms with E-state index in [0.717, 1.165) is 12.5 Å². The highest BCUT2D eigenvalue weighted by Crippen LogP contribution is 2.05. The highest BCUT2D eigenvalue weighted by atomic mass is 14.9. The molecule has 0 spiro atoms. The number of rotatable bonds is 7. The zero-order chi connectivity index (χ0) is 11.7. The summed E-state index contributed by atoms with van der Waals surface area (Å²) in [6.07, 6.45) is 8.56. The molecule has 0 unspecified atom stereocenters. The smallest absolute Gasteiger partial charge is 0.0146 e. The van der Waals surface area contributed by atoms with Crippen molar-refractivity contribution in [3.8, 4) is 0 Å². The average molecular weight is 207 g/mol. The normalized spacial score (nSPS) is 14.9. The van der Waals surface area contributed by atoms with E-state index < -0.39 is 0 Å². The summed E-state index contributed by atoms with van der Waals surface area (Å²) in [4.78, 5) is 0. The standard InChI is InChI=1S/C14H25N/c1-6-12(3)8-9-14(5)15-11-10-13(4)7-2/h6,8-9,13,15H,1,7,10-11H2,2-5H3/b12-8-,14-9+/t13-/m1/s1. The lowest BCUT2D eigenvalue weighted by Gasteiger charge is -2.10. The summed E-state index contributed by atoms with van der Waals surface area (Å²) in [5.41, 5.74) is 2.41. The Balaban J connectivity index is 3.83. The highest BCUT2D eigenvalue weighted by Gasteiger charge is 1.96. The number of hydrogen-bond acceptors (Lipinski definition) is 1. The van der Waals surface area contributed by atoms with Crippen LogP contribution in [0.15, 0.2) is 36.1 Å². The molecule has 0 radical (unpaired) electrons. The second-order valence-corrected chi connectivity index (χ2v) is 4.19. The third kappa shape index (κ3) is 8.04. The minimum atomic E-state index is 0.816. The van der Waals surface area contributed by atoms with Crippen LogP contribution in [0.25, 0.3) is 0 Å². The van der Waals surface area contributed by atoms with Gasteiger partial charge >= 0.3 is 0 Å². The van der Waals surface area contributed by atoms with Crippen molar-refractivity contribution in [2.24, 2.45) is 5.92 Å². The first kappa shape index (κ1) is 14.0. The van der Waals surface area contributed by atoms with Gasteiger partial charge in [-0.1, -0.05) is 44.6 Å². The number of allylic oxidation sites excluding steroid dienone is 5. The molecule has 0 aromatic rings. The van der Waals surface area contributed by atoms with Gasteiger partial charge in [-0.15, -0.1) is 0 Å². The van der Waals surface area contributed by atoms with Crippen LogP contribution < -0.4 is 5.32 Å². The summed E-state index contributed by atoms with van der Waals surface area (Å²) in [7, 11) is 0. The molecule has 1 atom stereocenters. The van der Waals surface area contributed by atoms with Gasteiger partial charge in [0.15, 0.2) is 0 Å². The van der Waals surface area contributed by atoms with Gasteiger partial charge in [0.25, 0.3) is 0 Å². The van der Waals surface area contributed by atoms with E-state index in [-0.39, 0.29) is 0 Å². The molecule has 0 aromatic heterocycles. The van der Waals surface area contributed by atoms with E-state index in [1.165, 1.54) is 24.1 Å². The van der Waals surface area contributed by atoms with Crippen LogP contribution in [0, 0.1) is 5.92 Å². The Kier molecular flexibility index (Phi) is 7.79. The molecule has 0 saturated heterocycles. The third-order valence-corrected chi connectivity index (χ3v) is 2.66. The van der Waals surface area contributed by atoms with Crippen LogP contribution in [-0.2, 0) is 0 Å². The van der Waals surface area contributed by atoms with Crippen molar-refractivity contribution in [2.75, 3.05) is 6.54 Å². The Hall–Kier alpha value is -0.980. The number of nitrogens with one attached hydrogen (secondary N) is 1. The fourth-order valence-electron chi connectivity index (χ4n) is 1.10. The van der Waals surface area contributed by atoms with Crippen molar-refractivity contribution < 1.29 is 0 Å². The minimum absolute atomic E-state index is 0.816. The number of hydrogen-bond donors (Lipinski definition) is 1. The van der Waals surface area contributed by atoms with Gasteiger partial charge in [0, 0.05) is 12.2 Å². The van der Waals surface area contributed by atoms with Gasteiger partial charge in [-0.05, 0) is 32.3 Å². The summed E-state index contributed by atoms with van der Waals surface area (Å²) < 4.78 is 0. The van der Waals surface area contributed by atoms with E-state index in [9.17, 15) is 0 Å². The molecule has 1 N–H and O–H groups in total. The van der Waals surface area contributed by atoms with Crippen LogP contribution >= 0.6 is 0 Å². The second kappa shape index (κ2) is 8.34. The maximum atomic E-state index is 3.72. The van der Waals surface area contributed by atoms with Gasteiger partial charge in [-0.3, -0.25) is 0 Å². The Morgan fingerprint density at radius 2 is 2.00 bits per heavy atom. The molecule has 0 amide bonds. The van der Waals surface area contributed by atoms with Crippen LogP contribution in [0.2, 0.25) is 0 Å². The molecule has 0 saturated carbocycles. The molecule has 0 fully saturated rings. The molecule has 0 aliphatic carbocycles. The molecular weight excluding hydrogens is 182 g/mol. The lowest BCUT2D eigenvalue weighted by Crippen LogP contribution is -2.14. The molecule has 86 valence electrons. The summed E-state index contributed by atoms with van der Waals surface area (Å²) >= 11 is 0. The largest absolute Gasteiger partial charge is 0.389 e. The van der Waals surface area contributed by atoms with Gasteiger partial charge in [-0.2, -0.15) is 0 Å². The van der Waals surface area contributed by atoms with Crippen molar-refractivity contribution in [1.29, 1.82) is 0 Å². The van der Waals surface area contributed by atoms with Crippen molar-refractivity contribution in [1.82, 2.24) is 5.32 Å². The molecule has 0 bridgehead atoms. The molecular formula is C14H25N. The van der Waals surface area contributed by atoms with Gasteiger partial charge < -0.3 is 5.32 Å². The van der Waals surface area contributed by atoms with E-state index in [4.69, 9.17) is 0 Å². The summed E-state index contributed by atoms with van der Waals surface area (Å²) in [5, 5.41) is 3.41. The molecule has 0 heterocycles. The maximum Gasteiger partial charge on any atom is 0.0146 e. The van der Waals surface area contributed by atoms with Crippen LogP contribution in [0.1, 0.15) is 40.5 Å². The predicted octanol–water partition coefficient (Wildman–Crippen LogP) is 4.05. The first-order valence-electron chi connectivity index (χ1n) is 5.81. The highest BCUT2D eigenvalue weighted by molar-refractivity contribution is 5.21. The van der Waals surface area contributed by atoms with Crippen LogP contribution in [0.3, 0.4) is 0 Å². The Bertz CT molecular complexity index is 236. The average Bonchev–Trinajstić information content (AvgIpc) is 2.25. The van der Waals surface area contributed by atoms with Crippen LogP contribution in [0.4, 0.5) is 0 Å². The monoisotopic (exact) mass is 207 g/mol. The molecule has 0 aliphatic heterocycles. The summed E-state index contributed by atoms with van der Waals surface area (Å²) in [6, 6.07) is 0. The zero-order valence-corrected chi connectivity index (χ0v) is 10.6. The predicted molar refractivity (Wildman–Crippen MR) is 69.8 cm³/mol. The van der Waals surface area contributed by atoms with Crippen LogP contribution in [-0.4, -0.2) is 6.54 Å². The lowest BCUT2D eigenvalue weighted by molar-refractivity contribution is 0.503. The van der Waals surface area contributed by atoms with E-state index >= 15 is 0 Å². The van der Waals surface area contributed by atoms with Gasteiger partial charge in [0.1, 0.15) is 0 Å². The summed E-state index contributed by atoms with van der Waals surface area (Å²) in [5.74, 6) is 0.816. The Labute approximate surface area is 95.0 Å². The van der Waals surface area contributed by atoms with Crippen molar-refractivity contribution in [2.45, 2.75) is 40.5 Å². The van der Waals surface area contributed by atoms with Crippen molar-refractivity contribution in [3.05, 3.63) is 36.1 Å². The molecule has 0 aliphatic rings. The fraction of sp³-hybridized carbons (Fsp3) is 0.571. The molecule has 0 aromatic carbocycles. The van der Waals surface area contributed by atoms with Crippen LogP contribution in [0.5, 0.6) is 0 Å². The lowest BCUT2D eigenvalue weighted by atomic mass is 10.1. The SMILES string of the molecule is C=C/C(C)=C\C=C(/C)NCC[C@H](C)CC. The Morgan fingerprint density at radius 3 is 2.53 bits per heavy atom. The first-order chi connectivity index (χ1) is 7.10. The molecule has 1 nitrogen and oxygen atoms in total. The van der Waals surface area contributed by atoms with E-state index in [1.54, 1.807) is 0 Å². The Morgan fingerprint density at radius 1 is 1.33 bits per heavy atom. The van der Waals surface area contributed by atoms with Crippen molar-refractivity contribution in [3.63, 3.8) is 0 Å². The first-order valence-corrected chi connectivity index (χ1v) is 5.81. The van der Waals surface area contributed by atoms with Gasteiger partial charge in [-0.25, -0.2) is 0 Å². The second-order valence-electron chi connectivity index (χ2n) is 4.19. The van der Waals surface area contributed by atoms with E-state index in [2.05, 4.69) is 51.7 Å². The summed E-state index contributed by atoms with van der Waals surface area (Å²) in [6.45, 7) is 13.5. The van der Waals surface area contributed by atoms with E-state index in [0.29, 0.717) is 0 Å². The maximum absolute atomic E-state index is 3.72. The topological polar surface area (TPSA) is 12.0 Å². The quantitative estimate of drug-likeness (QED) is 0.621. The zero-order valence-electron chi connectivity index (χ0n) is 10.6.